The van der Waals surface area contributed by atoms with Crippen molar-refractivity contribution < 1.29 is 18.0 Å². The topological polar surface area (TPSA) is 92.9 Å². The average molecular weight is 405 g/mol. The van der Waals surface area contributed by atoms with E-state index in [-0.39, 0.29) is 28.5 Å². The maximum atomic E-state index is 14.3. The number of anilines is 3. The van der Waals surface area contributed by atoms with Crippen molar-refractivity contribution in [3.05, 3.63) is 40.2 Å². The number of alkyl halides is 3. The Morgan fingerprint density at radius 3 is 2.52 bits per heavy atom. The molecule has 1 saturated carbocycles. The molecule has 0 atom stereocenters. The second kappa shape index (κ2) is 6.60. The molecule has 2 heterocycles. The highest BCUT2D eigenvalue weighted by atomic mass is 19.4. The molecule has 0 bridgehead atoms. The summed E-state index contributed by atoms with van der Waals surface area (Å²) < 4.78 is 43.0. The third-order valence-corrected chi connectivity index (χ3v) is 5.95. The van der Waals surface area contributed by atoms with Gasteiger partial charge in [0.2, 0.25) is 0 Å². The van der Waals surface area contributed by atoms with Gasteiger partial charge in [-0.3, -0.25) is 4.79 Å². The molecule has 4 N–H and O–H groups in total. The molecular weight excluding hydrogens is 383 g/mol. The fourth-order valence-corrected chi connectivity index (χ4v) is 4.57. The zero-order chi connectivity index (χ0) is 21.0. The Balaban J connectivity index is 1.96. The quantitative estimate of drug-likeness (QED) is 0.691. The van der Waals surface area contributed by atoms with Crippen LogP contribution in [0.3, 0.4) is 0 Å². The molecule has 0 saturated heterocycles. The van der Waals surface area contributed by atoms with Crippen LogP contribution in [0.15, 0.2) is 12.4 Å². The van der Waals surface area contributed by atoms with Crippen molar-refractivity contribution in [1.82, 2.24) is 15.3 Å². The molecule has 4 rings (SSSR count). The van der Waals surface area contributed by atoms with Gasteiger partial charge in [0.15, 0.2) is 0 Å². The van der Waals surface area contributed by atoms with Crippen LogP contribution in [0.5, 0.6) is 0 Å². The van der Waals surface area contributed by atoms with E-state index in [0.29, 0.717) is 24.0 Å². The van der Waals surface area contributed by atoms with Crippen LogP contribution in [0.25, 0.3) is 0 Å². The van der Waals surface area contributed by atoms with Crippen LogP contribution in [0.1, 0.15) is 64.7 Å². The molecule has 0 unspecified atom stereocenters. The molecule has 1 aliphatic heterocycles. The van der Waals surface area contributed by atoms with Crippen molar-refractivity contribution in [3.63, 3.8) is 0 Å². The number of aromatic nitrogens is 2. The van der Waals surface area contributed by atoms with Crippen LogP contribution < -0.4 is 16.4 Å². The number of rotatable bonds is 2. The number of nitrogens with two attached hydrogens (primary N) is 1. The SMILES string of the molecule is Cc1cc(Nc2ncnc(N)c2C)c(C(F)(F)F)c2c1C(=O)NC21CCCCC1. The monoisotopic (exact) mass is 405 g/mol. The third-order valence-electron chi connectivity index (χ3n) is 5.95. The number of carbonyl (C=O) groups is 1. The third kappa shape index (κ3) is 3.08. The second-order valence-corrected chi connectivity index (χ2v) is 7.82. The Morgan fingerprint density at radius 1 is 1.17 bits per heavy atom. The van der Waals surface area contributed by atoms with E-state index in [4.69, 9.17) is 5.73 Å². The molecule has 29 heavy (non-hydrogen) atoms. The van der Waals surface area contributed by atoms with E-state index >= 15 is 0 Å². The number of nitrogen functional groups attached to an aromatic ring is 1. The normalized spacial score (nSPS) is 17.9. The summed E-state index contributed by atoms with van der Waals surface area (Å²) in [5.74, 6) is -0.0363. The van der Waals surface area contributed by atoms with Gasteiger partial charge in [0.1, 0.15) is 18.0 Å². The fraction of sp³-hybridized carbons (Fsp3) is 0.450. The summed E-state index contributed by atoms with van der Waals surface area (Å²) in [5.41, 5.74) is 5.03. The van der Waals surface area contributed by atoms with Crippen LogP contribution >= 0.6 is 0 Å². The highest BCUT2D eigenvalue weighted by molar-refractivity contribution is 6.03. The fourth-order valence-electron chi connectivity index (χ4n) is 4.57. The standard InChI is InChI=1S/C20H22F3N5O/c1-10-8-12(27-17-11(2)16(24)25-9-26-17)14(20(21,22)23)15-13(10)18(29)28-19(15)6-4-3-5-7-19/h8-9H,3-7H2,1-2H3,(H,28,29)(H3,24,25,26,27). The first-order valence-electron chi connectivity index (χ1n) is 9.56. The van der Waals surface area contributed by atoms with Gasteiger partial charge in [-0.25, -0.2) is 9.97 Å². The van der Waals surface area contributed by atoms with Gasteiger partial charge in [-0.2, -0.15) is 13.2 Å². The number of aryl methyl sites for hydroxylation is 1. The number of halogens is 3. The minimum Gasteiger partial charge on any atom is -0.383 e. The Hall–Kier alpha value is -2.84. The van der Waals surface area contributed by atoms with Crippen molar-refractivity contribution in [3.8, 4) is 0 Å². The van der Waals surface area contributed by atoms with Gasteiger partial charge >= 0.3 is 6.18 Å². The number of benzene rings is 1. The van der Waals surface area contributed by atoms with E-state index in [2.05, 4.69) is 20.6 Å². The highest BCUT2D eigenvalue weighted by Crippen LogP contribution is 2.51. The van der Waals surface area contributed by atoms with E-state index < -0.39 is 23.2 Å². The number of hydrogen-bond donors (Lipinski definition) is 3. The van der Waals surface area contributed by atoms with Gasteiger partial charge in [0, 0.05) is 16.7 Å². The van der Waals surface area contributed by atoms with Crippen molar-refractivity contribution >= 4 is 23.2 Å². The maximum absolute atomic E-state index is 14.3. The minimum absolute atomic E-state index is 0.0666. The molecular formula is C20H22F3N5O. The first-order chi connectivity index (χ1) is 13.6. The summed E-state index contributed by atoms with van der Waals surface area (Å²) in [7, 11) is 0. The number of nitrogens with zero attached hydrogens (tertiary/aromatic N) is 2. The van der Waals surface area contributed by atoms with Gasteiger partial charge in [-0.1, -0.05) is 19.3 Å². The molecule has 6 nitrogen and oxygen atoms in total. The van der Waals surface area contributed by atoms with Crippen molar-refractivity contribution in [2.45, 2.75) is 57.7 Å². The van der Waals surface area contributed by atoms with Crippen LogP contribution in [0.2, 0.25) is 0 Å². The lowest BCUT2D eigenvalue weighted by atomic mass is 9.74. The lowest BCUT2D eigenvalue weighted by Gasteiger charge is -2.36. The maximum Gasteiger partial charge on any atom is 0.418 e. The second-order valence-electron chi connectivity index (χ2n) is 7.82. The Labute approximate surface area is 166 Å². The number of fused-ring (bicyclic) bond motifs is 2. The number of carbonyl (C=O) groups excluding carboxylic acids is 1. The number of hydrogen-bond acceptors (Lipinski definition) is 5. The molecule has 1 aromatic heterocycles. The molecule has 1 fully saturated rings. The Kier molecular flexibility index (Phi) is 4.43. The zero-order valence-corrected chi connectivity index (χ0v) is 16.2. The predicted molar refractivity (Wildman–Crippen MR) is 103 cm³/mol. The molecule has 1 aliphatic carbocycles. The predicted octanol–water partition coefficient (Wildman–Crippen LogP) is 4.34. The largest absolute Gasteiger partial charge is 0.418 e. The summed E-state index contributed by atoms with van der Waals surface area (Å²) in [4.78, 5) is 20.6. The Bertz CT molecular complexity index is 997. The summed E-state index contributed by atoms with van der Waals surface area (Å²) in [6, 6.07) is 1.36. The van der Waals surface area contributed by atoms with E-state index in [1.165, 1.54) is 12.4 Å². The summed E-state index contributed by atoms with van der Waals surface area (Å²) in [6.07, 6.45) is 0.0405. The summed E-state index contributed by atoms with van der Waals surface area (Å²) >= 11 is 0. The van der Waals surface area contributed by atoms with Crippen molar-refractivity contribution in [2.75, 3.05) is 11.1 Å². The van der Waals surface area contributed by atoms with Gasteiger partial charge in [0.05, 0.1) is 16.8 Å². The zero-order valence-electron chi connectivity index (χ0n) is 16.2. The van der Waals surface area contributed by atoms with E-state index in [0.717, 1.165) is 19.3 Å². The van der Waals surface area contributed by atoms with Crippen LogP contribution in [0.4, 0.5) is 30.5 Å². The smallest absolute Gasteiger partial charge is 0.383 e. The first-order valence-corrected chi connectivity index (χ1v) is 9.56. The summed E-state index contributed by atoms with van der Waals surface area (Å²) in [5, 5.41) is 5.69. The molecule has 154 valence electrons. The van der Waals surface area contributed by atoms with Gasteiger partial charge in [-0.05, 0) is 38.3 Å². The van der Waals surface area contributed by atoms with Gasteiger partial charge in [-0.15, -0.1) is 0 Å². The summed E-state index contributed by atoms with van der Waals surface area (Å²) in [6.45, 7) is 3.30. The molecule has 1 spiro atoms. The van der Waals surface area contributed by atoms with Crippen LogP contribution in [0, 0.1) is 13.8 Å². The van der Waals surface area contributed by atoms with E-state index in [1.54, 1.807) is 13.8 Å². The number of nitrogens with one attached hydrogen (secondary N) is 2. The molecule has 1 aromatic carbocycles. The van der Waals surface area contributed by atoms with Crippen molar-refractivity contribution in [1.29, 1.82) is 0 Å². The minimum atomic E-state index is -4.65. The molecule has 1 amide bonds. The van der Waals surface area contributed by atoms with E-state index in [1.807, 2.05) is 0 Å². The first kappa shape index (κ1) is 19.5. The average Bonchev–Trinajstić information content (AvgIpc) is 2.91. The molecule has 9 heteroatoms. The van der Waals surface area contributed by atoms with Crippen LogP contribution in [-0.2, 0) is 11.7 Å². The lowest BCUT2D eigenvalue weighted by Crippen LogP contribution is -2.42. The highest BCUT2D eigenvalue weighted by Gasteiger charge is 2.51. The van der Waals surface area contributed by atoms with E-state index in [9.17, 15) is 18.0 Å². The molecule has 0 radical (unpaired) electrons. The van der Waals surface area contributed by atoms with Gasteiger partial charge in [0.25, 0.3) is 5.91 Å². The molecule has 2 aromatic rings. The number of amides is 1. The molecule has 2 aliphatic rings. The van der Waals surface area contributed by atoms with Gasteiger partial charge < -0.3 is 16.4 Å². The van der Waals surface area contributed by atoms with Crippen LogP contribution in [-0.4, -0.2) is 15.9 Å². The van der Waals surface area contributed by atoms with Crippen molar-refractivity contribution in [2.24, 2.45) is 0 Å². The lowest BCUT2D eigenvalue weighted by molar-refractivity contribution is -0.138. The Morgan fingerprint density at radius 2 is 1.86 bits per heavy atom.